The van der Waals surface area contributed by atoms with Gasteiger partial charge in [-0.15, -0.1) is 0 Å². The molecule has 1 aromatic heterocycles. The molecule has 182 valence electrons. The van der Waals surface area contributed by atoms with Gasteiger partial charge in [0.05, 0.1) is 5.56 Å². The summed E-state index contributed by atoms with van der Waals surface area (Å²) in [7, 11) is 2.15. The molecular formula is C26H36F3N3O. The van der Waals surface area contributed by atoms with E-state index < -0.39 is 11.7 Å². The van der Waals surface area contributed by atoms with Gasteiger partial charge in [0.25, 0.3) is 0 Å². The quantitative estimate of drug-likeness (QED) is 0.679. The van der Waals surface area contributed by atoms with E-state index in [-0.39, 0.29) is 17.9 Å². The molecule has 3 heterocycles. The number of alkyl halides is 3. The minimum atomic E-state index is -4.32. The van der Waals surface area contributed by atoms with Crippen LogP contribution in [0.4, 0.5) is 13.2 Å². The van der Waals surface area contributed by atoms with Gasteiger partial charge in [-0.1, -0.05) is 6.92 Å². The molecule has 0 amide bonds. The van der Waals surface area contributed by atoms with Crippen LogP contribution < -0.4 is 0 Å². The van der Waals surface area contributed by atoms with E-state index in [4.69, 9.17) is 0 Å². The largest absolute Gasteiger partial charge is 0.416 e. The van der Waals surface area contributed by atoms with E-state index in [0.717, 1.165) is 87.0 Å². The van der Waals surface area contributed by atoms with Crippen LogP contribution in [0.1, 0.15) is 55.3 Å². The Bertz CT molecular complexity index is 993. The van der Waals surface area contributed by atoms with Crippen LogP contribution in [0.2, 0.25) is 0 Å². The van der Waals surface area contributed by atoms with Crippen LogP contribution in [0.3, 0.4) is 0 Å². The summed E-state index contributed by atoms with van der Waals surface area (Å²) < 4.78 is 40.1. The Morgan fingerprint density at radius 3 is 2.64 bits per heavy atom. The average molecular weight is 464 g/mol. The van der Waals surface area contributed by atoms with Crippen molar-refractivity contribution >= 4 is 10.9 Å². The number of hydrogen-bond acceptors (Lipinski definition) is 3. The monoisotopic (exact) mass is 463 g/mol. The molecule has 2 aliphatic heterocycles. The lowest BCUT2D eigenvalue weighted by Gasteiger charge is -2.46. The van der Waals surface area contributed by atoms with E-state index in [9.17, 15) is 18.3 Å². The van der Waals surface area contributed by atoms with Gasteiger partial charge in [0.1, 0.15) is 0 Å². The minimum Gasteiger partial charge on any atom is -0.396 e. The van der Waals surface area contributed by atoms with Gasteiger partial charge in [0.2, 0.25) is 0 Å². The lowest BCUT2D eigenvalue weighted by atomic mass is 9.68. The fourth-order valence-electron chi connectivity index (χ4n) is 6.70. The lowest BCUT2D eigenvalue weighted by molar-refractivity contribution is -0.137. The lowest BCUT2D eigenvalue weighted by Crippen LogP contribution is -2.47. The highest BCUT2D eigenvalue weighted by molar-refractivity contribution is 5.86. The molecule has 3 atom stereocenters. The molecule has 0 saturated carbocycles. The third kappa shape index (κ3) is 4.32. The molecule has 2 N–H and O–H groups in total. The summed E-state index contributed by atoms with van der Waals surface area (Å²) in [6, 6.07) is 4.12. The van der Waals surface area contributed by atoms with Crippen LogP contribution in [-0.2, 0) is 12.6 Å². The Morgan fingerprint density at radius 1 is 1.18 bits per heavy atom. The number of fused-ring (bicyclic) bond motifs is 4. The second-order valence-electron chi connectivity index (χ2n) is 11.0. The zero-order valence-electron chi connectivity index (χ0n) is 19.7. The molecule has 33 heavy (non-hydrogen) atoms. The second kappa shape index (κ2) is 8.58. The zero-order chi connectivity index (χ0) is 23.4. The molecule has 2 aromatic rings. The average Bonchev–Trinajstić information content (AvgIpc) is 3.16. The second-order valence-corrected chi connectivity index (χ2v) is 11.0. The molecule has 0 bridgehead atoms. The van der Waals surface area contributed by atoms with E-state index in [2.05, 4.69) is 28.8 Å². The number of nitrogens with zero attached hydrogens (tertiary/aromatic N) is 2. The molecule has 1 aliphatic carbocycles. The maximum Gasteiger partial charge on any atom is 0.416 e. The number of halogens is 3. The first-order valence-electron chi connectivity index (χ1n) is 12.4. The number of aliphatic hydroxyl groups excluding tert-OH is 1. The van der Waals surface area contributed by atoms with E-state index in [0.29, 0.717) is 11.8 Å². The summed E-state index contributed by atoms with van der Waals surface area (Å²) in [6.45, 7) is 7.63. The SMILES string of the molecule is C[C@H]1c2c([nH]c3ccc(C(F)(F)F)cc23)C[C@H]2CCN(CCC3(CO)CCN(C)CC3)C[C@@H]21. The summed E-state index contributed by atoms with van der Waals surface area (Å²) in [5, 5.41) is 10.9. The van der Waals surface area contributed by atoms with Gasteiger partial charge in [-0.2, -0.15) is 13.2 Å². The Balaban J connectivity index is 1.32. The predicted octanol–water partition coefficient (Wildman–Crippen LogP) is 4.88. The topological polar surface area (TPSA) is 42.5 Å². The molecule has 0 unspecified atom stereocenters. The minimum absolute atomic E-state index is 0.0412. The van der Waals surface area contributed by atoms with Crippen molar-refractivity contribution in [3.63, 3.8) is 0 Å². The highest BCUT2D eigenvalue weighted by Crippen LogP contribution is 2.47. The number of benzene rings is 1. The molecule has 1 aromatic carbocycles. The summed E-state index contributed by atoms with van der Waals surface area (Å²) in [5.74, 6) is 1.27. The Hall–Kier alpha value is -1.57. The number of aromatic nitrogens is 1. The molecule has 7 heteroatoms. The van der Waals surface area contributed by atoms with E-state index in [1.54, 1.807) is 6.07 Å². The standard InChI is InChI=1S/C26H36F3N3O/c1-17-21-15-32(12-8-25(16-33)6-10-31(2)11-7-25)9-5-18(21)13-23-24(17)20-14-19(26(27,28)29)3-4-22(20)30-23/h3-4,14,17-18,21,30,33H,5-13,15-16H2,1-2H3/t17-,18-,21-/m1/s1. The molecule has 0 radical (unpaired) electrons. The van der Waals surface area contributed by atoms with Crippen molar-refractivity contribution in [2.24, 2.45) is 17.3 Å². The molecule has 2 fully saturated rings. The number of likely N-dealkylation sites (tertiary alicyclic amines) is 2. The maximum absolute atomic E-state index is 13.4. The number of aromatic amines is 1. The molecular weight excluding hydrogens is 427 g/mol. The third-order valence-electron chi connectivity index (χ3n) is 9.04. The number of aliphatic hydroxyl groups is 1. The zero-order valence-corrected chi connectivity index (χ0v) is 19.7. The number of rotatable bonds is 4. The number of piperidine rings is 2. The first-order valence-corrected chi connectivity index (χ1v) is 12.4. The molecule has 2 saturated heterocycles. The predicted molar refractivity (Wildman–Crippen MR) is 124 cm³/mol. The fraction of sp³-hybridized carbons (Fsp3) is 0.692. The van der Waals surface area contributed by atoms with Crippen molar-refractivity contribution in [1.82, 2.24) is 14.8 Å². The van der Waals surface area contributed by atoms with Crippen LogP contribution in [0, 0.1) is 17.3 Å². The highest BCUT2D eigenvalue weighted by atomic mass is 19.4. The van der Waals surface area contributed by atoms with Gasteiger partial charge < -0.3 is 19.9 Å². The fourth-order valence-corrected chi connectivity index (χ4v) is 6.70. The Labute approximate surface area is 194 Å². The van der Waals surface area contributed by atoms with Gasteiger partial charge in [0, 0.05) is 29.7 Å². The van der Waals surface area contributed by atoms with Crippen molar-refractivity contribution in [3.05, 3.63) is 35.0 Å². The summed E-state index contributed by atoms with van der Waals surface area (Å²) in [6.07, 6.45) is 0.869. The van der Waals surface area contributed by atoms with Crippen LogP contribution in [0.15, 0.2) is 18.2 Å². The summed E-state index contributed by atoms with van der Waals surface area (Å²) in [4.78, 5) is 8.33. The number of nitrogens with one attached hydrogen (secondary N) is 1. The molecule has 5 rings (SSSR count). The van der Waals surface area contributed by atoms with Gasteiger partial charge in [-0.3, -0.25) is 0 Å². The van der Waals surface area contributed by atoms with E-state index >= 15 is 0 Å². The Kier molecular flexibility index (Phi) is 6.03. The number of hydrogen-bond donors (Lipinski definition) is 2. The van der Waals surface area contributed by atoms with Gasteiger partial charge in [-0.05, 0) is 112 Å². The van der Waals surface area contributed by atoms with Crippen molar-refractivity contribution in [2.75, 3.05) is 46.4 Å². The molecule has 0 spiro atoms. The van der Waals surface area contributed by atoms with Crippen LogP contribution in [-0.4, -0.2) is 66.3 Å². The normalized spacial score (nSPS) is 28.6. The first-order chi connectivity index (χ1) is 15.7. The summed E-state index contributed by atoms with van der Waals surface area (Å²) >= 11 is 0. The van der Waals surface area contributed by atoms with Crippen molar-refractivity contribution in [1.29, 1.82) is 0 Å². The van der Waals surface area contributed by atoms with Crippen molar-refractivity contribution in [3.8, 4) is 0 Å². The molecule has 3 aliphatic rings. The summed E-state index contributed by atoms with van der Waals surface area (Å²) in [5.41, 5.74) is 2.53. The Morgan fingerprint density at radius 2 is 1.94 bits per heavy atom. The first kappa shape index (κ1) is 23.2. The van der Waals surface area contributed by atoms with Crippen molar-refractivity contribution in [2.45, 2.75) is 51.1 Å². The van der Waals surface area contributed by atoms with Crippen LogP contribution >= 0.6 is 0 Å². The number of H-pyrrole nitrogens is 1. The molecule has 4 nitrogen and oxygen atoms in total. The highest BCUT2D eigenvalue weighted by Gasteiger charge is 2.41. The van der Waals surface area contributed by atoms with Crippen LogP contribution in [0.25, 0.3) is 10.9 Å². The van der Waals surface area contributed by atoms with Crippen LogP contribution in [0.5, 0.6) is 0 Å². The van der Waals surface area contributed by atoms with E-state index in [1.165, 1.54) is 12.1 Å². The van der Waals surface area contributed by atoms with Gasteiger partial charge >= 0.3 is 6.18 Å². The van der Waals surface area contributed by atoms with Gasteiger partial charge in [0.15, 0.2) is 0 Å². The third-order valence-corrected chi connectivity index (χ3v) is 9.04. The van der Waals surface area contributed by atoms with E-state index in [1.807, 2.05) is 0 Å². The van der Waals surface area contributed by atoms with Gasteiger partial charge in [-0.25, -0.2) is 0 Å². The maximum atomic E-state index is 13.4. The van der Waals surface area contributed by atoms with Crippen molar-refractivity contribution < 1.29 is 18.3 Å². The smallest absolute Gasteiger partial charge is 0.396 e.